The number of hydrogen-bond acceptors (Lipinski definition) is 3. The third-order valence-electron chi connectivity index (χ3n) is 3.70. The Morgan fingerprint density at radius 3 is 2.80 bits per heavy atom. The summed E-state index contributed by atoms with van der Waals surface area (Å²) in [7, 11) is 0. The molecule has 1 aromatic heterocycles. The first-order valence-electron chi connectivity index (χ1n) is 7.04. The second kappa shape index (κ2) is 6.18. The first-order valence-corrected chi connectivity index (χ1v) is 7.98. The van der Waals surface area contributed by atoms with Crippen LogP contribution in [0.3, 0.4) is 0 Å². The predicted octanol–water partition coefficient (Wildman–Crippen LogP) is 3.00. The molecule has 1 N–H and O–H groups in total. The lowest BCUT2D eigenvalue weighted by molar-refractivity contribution is -0.123. The van der Waals surface area contributed by atoms with Crippen molar-refractivity contribution >= 4 is 17.2 Å². The molecule has 3 rings (SSSR count). The van der Waals surface area contributed by atoms with E-state index in [0.717, 1.165) is 17.7 Å². The van der Waals surface area contributed by atoms with E-state index < -0.39 is 0 Å². The Morgan fingerprint density at radius 2 is 2.15 bits per heavy atom. The summed E-state index contributed by atoms with van der Waals surface area (Å²) < 4.78 is 0. The minimum absolute atomic E-state index is 0.0200. The van der Waals surface area contributed by atoms with Gasteiger partial charge in [0.2, 0.25) is 5.91 Å². The number of hydrogen-bond donors (Lipinski definition) is 1. The number of nitrogens with zero attached hydrogens (tertiary/aromatic N) is 1. The highest BCUT2D eigenvalue weighted by Gasteiger charge is 2.36. The number of carbonyl (C=O) groups is 1. The molecule has 0 bridgehead atoms. The van der Waals surface area contributed by atoms with Gasteiger partial charge < -0.3 is 5.32 Å². The van der Waals surface area contributed by atoms with Gasteiger partial charge in [-0.1, -0.05) is 30.3 Å². The molecular formula is C16H18N2OS. The molecular weight excluding hydrogens is 268 g/mol. The maximum Gasteiger partial charge on any atom is 0.227 e. The molecule has 0 spiro atoms. The van der Waals surface area contributed by atoms with Gasteiger partial charge in [0, 0.05) is 18.3 Å². The van der Waals surface area contributed by atoms with E-state index in [0.29, 0.717) is 12.5 Å². The fourth-order valence-corrected chi connectivity index (χ4v) is 3.11. The number of nitrogens with one attached hydrogen (secondary N) is 1. The molecule has 1 heterocycles. The lowest BCUT2D eigenvalue weighted by Gasteiger charge is -2.16. The van der Waals surface area contributed by atoms with Gasteiger partial charge in [0.15, 0.2) is 0 Å². The van der Waals surface area contributed by atoms with Crippen molar-refractivity contribution < 1.29 is 4.79 Å². The predicted molar refractivity (Wildman–Crippen MR) is 80.7 cm³/mol. The van der Waals surface area contributed by atoms with Crippen LogP contribution >= 0.6 is 11.3 Å². The van der Waals surface area contributed by atoms with Crippen LogP contribution in [0, 0.1) is 5.92 Å². The van der Waals surface area contributed by atoms with Crippen molar-refractivity contribution in [3.8, 4) is 0 Å². The van der Waals surface area contributed by atoms with Gasteiger partial charge in [-0.25, -0.2) is 4.98 Å². The molecule has 2 aromatic rings. The molecule has 1 aromatic carbocycles. The third kappa shape index (κ3) is 3.25. The lowest BCUT2D eigenvalue weighted by atomic mass is 9.93. The van der Waals surface area contributed by atoms with Gasteiger partial charge >= 0.3 is 0 Å². The third-order valence-corrected chi connectivity index (χ3v) is 4.33. The van der Waals surface area contributed by atoms with Crippen molar-refractivity contribution in [1.82, 2.24) is 10.3 Å². The Balaban J connectivity index is 1.59. The van der Waals surface area contributed by atoms with E-state index in [9.17, 15) is 4.79 Å². The quantitative estimate of drug-likeness (QED) is 0.887. The molecule has 1 atom stereocenters. The molecule has 1 aliphatic carbocycles. The topological polar surface area (TPSA) is 42.0 Å². The van der Waals surface area contributed by atoms with Crippen molar-refractivity contribution in [1.29, 1.82) is 0 Å². The molecule has 0 saturated heterocycles. The van der Waals surface area contributed by atoms with E-state index in [2.05, 4.69) is 22.4 Å². The van der Waals surface area contributed by atoms with Crippen LogP contribution in [0.15, 0.2) is 41.2 Å². The van der Waals surface area contributed by atoms with Crippen molar-refractivity contribution in [3.63, 3.8) is 0 Å². The van der Waals surface area contributed by atoms with Crippen LogP contribution in [0.25, 0.3) is 0 Å². The van der Waals surface area contributed by atoms with Crippen molar-refractivity contribution in [2.45, 2.75) is 25.2 Å². The van der Waals surface area contributed by atoms with Crippen LogP contribution in [0.1, 0.15) is 30.0 Å². The van der Waals surface area contributed by atoms with Crippen LogP contribution in [0.2, 0.25) is 0 Å². The van der Waals surface area contributed by atoms with Crippen LogP contribution in [0.5, 0.6) is 0 Å². The van der Waals surface area contributed by atoms with Crippen LogP contribution < -0.4 is 5.32 Å². The van der Waals surface area contributed by atoms with Gasteiger partial charge in [-0.3, -0.25) is 4.79 Å². The number of rotatable bonds is 6. The monoisotopic (exact) mass is 286 g/mol. The summed E-state index contributed by atoms with van der Waals surface area (Å²) in [6.07, 6.45) is 3.14. The van der Waals surface area contributed by atoms with Gasteiger partial charge in [-0.15, -0.1) is 11.3 Å². The lowest BCUT2D eigenvalue weighted by Crippen LogP contribution is -2.32. The molecule has 1 saturated carbocycles. The zero-order chi connectivity index (χ0) is 13.8. The minimum Gasteiger partial charge on any atom is -0.355 e. The normalized spacial score (nSPS) is 15.8. The number of amides is 1. The maximum absolute atomic E-state index is 12.4. The molecule has 1 fully saturated rings. The van der Waals surface area contributed by atoms with E-state index in [1.807, 2.05) is 29.1 Å². The highest BCUT2D eigenvalue weighted by atomic mass is 32.1. The Labute approximate surface area is 123 Å². The minimum atomic E-state index is 0.0200. The van der Waals surface area contributed by atoms with Crippen molar-refractivity contribution in [2.75, 3.05) is 6.54 Å². The highest BCUT2D eigenvalue weighted by Crippen LogP contribution is 2.42. The summed E-state index contributed by atoms with van der Waals surface area (Å²) in [5.41, 5.74) is 4.02. The van der Waals surface area contributed by atoms with E-state index in [1.54, 1.807) is 11.3 Å². The maximum atomic E-state index is 12.4. The number of thiazole rings is 1. The number of benzene rings is 1. The smallest absolute Gasteiger partial charge is 0.227 e. The fraction of sp³-hybridized carbons (Fsp3) is 0.375. The molecule has 1 aliphatic rings. The molecule has 3 nitrogen and oxygen atoms in total. The van der Waals surface area contributed by atoms with Crippen LogP contribution in [0.4, 0.5) is 0 Å². The summed E-state index contributed by atoms with van der Waals surface area (Å²) in [5.74, 6) is 0.706. The Hall–Kier alpha value is -1.68. The van der Waals surface area contributed by atoms with E-state index in [1.165, 1.54) is 12.8 Å². The zero-order valence-electron chi connectivity index (χ0n) is 11.3. The molecule has 20 heavy (non-hydrogen) atoms. The van der Waals surface area contributed by atoms with Gasteiger partial charge in [-0.2, -0.15) is 0 Å². The first-order chi connectivity index (χ1) is 9.84. The van der Waals surface area contributed by atoms with E-state index >= 15 is 0 Å². The van der Waals surface area contributed by atoms with Gasteiger partial charge in [-0.05, 0) is 24.3 Å². The van der Waals surface area contributed by atoms with Crippen LogP contribution in [-0.2, 0) is 11.2 Å². The summed E-state index contributed by atoms with van der Waals surface area (Å²) in [6, 6.07) is 10.1. The molecule has 1 unspecified atom stereocenters. The summed E-state index contributed by atoms with van der Waals surface area (Å²) in [4.78, 5) is 16.7. The summed E-state index contributed by atoms with van der Waals surface area (Å²) in [5, 5.41) is 5.10. The van der Waals surface area contributed by atoms with E-state index in [-0.39, 0.29) is 11.8 Å². The van der Waals surface area contributed by atoms with Crippen LogP contribution in [-0.4, -0.2) is 17.4 Å². The Bertz CT molecular complexity index is 549. The zero-order valence-corrected chi connectivity index (χ0v) is 12.1. The summed E-state index contributed by atoms with van der Waals surface area (Å²) >= 11 is 1.59. The molecule has 104 valence electrons. The Morgan fingerprint density at radius 1 is 1.35 bits per heavy atom. The van der Waals surface area contributed by atoms with Crippen molar-refractivity contribution in [2.24, 2.45) is 5.92 Å². The van der Waals surface area contributed by atoms with Crippen molar-refractivity contribution in [3.05, 3.63) is 52.5 Å². The second-order valence-electron chi connectivity index (χ2n) is 5.25. The van der Waals surface area contributed by atoms with Gasteiger partial charge in [0.05, 0.1) is 17.1 Å². The second-order valence-corrected chi connectivity index (χ2v) is 5.97. The number of carbonyl (C=O) groups excluding carboxylic acids is 1. The van der Waals surface area contributed by atoms with Gasteiger partial charge in [0.1, 0.15) is 0 Å². The standard InChI is InChI=1S/C16H18N2OS/c19-16(17-9-8-14-10-20-11-18-14)15(13-6-7-13)12-4-2-1-3-5-12/h1-5,10-11,13,15H,6-9H2,(H,17,19). The van der Waals surface area contributed by atoms with Gasteiger partial charge in [0.25, 0.3) is 0 Å². The molecule has 4 heteroatoms. The van der Waals surface area contributed by atoms with E-state index in [4.69, 9.17) is 0 Å². The fourth-order valence-electron chi connectivity index (χ4n) is 2.51. The molecule has 0 radical (unpaired) electrons. The average molecular weight is 286 g/mol. The SMILES string of the molecule is O=C(NCCc1cscn1)C(c1ccccc1)C1CC1. The summed E-state index contributed by atoms with van der Waals surface area (Å²) in [6.45, 7) is 0.665. The molecule has 1 amide bonds. The Kier molecular flexibility index (Phi) is 4.11. The number of aromatic nitrogens is 1. The average Bonchev–Trinajstić information content (AvgIpc) is 3.16. The largest absolute Gasteiger partial charge is 0.355 e. The highest BCUT2D eigenvalue weighted by molar-refractivity contribution is 7.07. The first kappa shape index (κ1) is 13.3. The molecule has 0 aliphatic heterocycles.